The van der Waals surface area contributed by atoms with Crippen LogP contribution in [0.1, 0.15) is 57.5 Å². The fraction of sp³-hybridized carbons (Fsp3) is 0.684. The Hall–Kier alpha value is -2.14. The molecule has 1 amide bonds. The van der Waals surface area contributed by atoms with E-state index in [0.717, 1.165) is 4.68 Å². The number of carbonyl (C=O) groups is 1. The summed E-state index contributed by atoms with van der Waals surface area (Å²) in [6, 6.07) is -0.244. The second kappa shape index (κ2) is 6.20. The number of hydrogen-bond donors (Lipinski definition) is 1. The van der Waals surface area contributed by atoms with E-state index in [4.69, 9.17) is 11.2 Å². The Kier molecular flexibility index (Phi) is 4.50. The van der Waals surface area contributed by atoms with Crippen molar-refractivity contribution >= 4 is 6.09 Å². The van der Waals surface area contributed by atoms with Crippen LogP contribution in [0.4, 0.5) is 13.6 Å². The summed E-state index contributed by atoms with van der Waals surface area (Å²) in [4.78, 5) is 14.0. The van der Waals surface area contributed by atoms with Crippen LogP contribution in [0.3, 0.4) is 0 Å². The van der Waals surface area contributed by atoms with Gasteiger partial charge in [-0.2, -0.15) is 13.9 Å². The van der Waals surface area contributed by atoms with Crippen LogP contribution < -0.4 is 0 Å². The van der Waals surface area contributed by atoms with Crippen LogP contribution in [0.25, 0.3) is 0 Å². The minimum atomic E-state index is -3.19. The van der Waals surface area contributed by atoms with Crippen LogP contribution >= 0.6 is 0 Å². The number of alkyl halides is 2. The third kappa shape index (κ3) is 3.65. The van der Waals surface area contributed by atoms with Gasteiger partial charge in [0.25, 0.3) is 5.92 Å². The van der Waals surface area contributed by atoms with Crippen LogP contribution in [0.5, 0.6) is 0 Å². The van der Waals surface area contributed by atoms with E-state index in [1.54, 1.807) is 20.8 Å². The molecule has 148 valence electrons. The summed E-state index contributed by atoms with van der Waals surface area (Å²) >= 11 is 0. The summed E-state index contributed by atoms with van der Waals surface area (Å²) in [5, 5.41) is 14.7. The number of rotatable bonds is 0. The first-order valence-electron chi connectivity index (χ1n) is 9.02. The molecule has 2 aliphatic heterocycles. The second-order valence-corrected chi connectivity index (χ2v) is 8.47. The molecule has 3 rings (SSSR count). The van der Waals surface area contributed by atoms with Gasteiger partial charge in [0.1, 0.15) is 16.9 Å². The highest BCUT2D eigenvalue weighted by molar-refractivity contribution is 5.69. The summed E-state index contributed by atoms with van der Waals surface area (Å²) in [6.45, 7) is 6.89. The summed E-state index contributed by atoms with van der Waals surface area (Å²) in [5.74, 6) is -0.975. The van der Waals surface area contributed by atoms with Crippen molar-refractivity contribution < 1.29 is 23.4 Å². The highest BCUT2D eigenvalue weighted by Crippen LogP contribution is 2.43. The average molecular weight is 381 g/mol. The number of amides is 1. The Morgan fingerprint density at radius 3 is 2.67 bits per heavy atom. The quantitative estimate of drug-likeness (QED) is 0.702. The lowest BCUT2D eigenvalue weighted by Crippen LogP contribution is -2.45. The molecule has 0 unspecified atom stereocenters. The summed E-state index contributed by atoms with van der Waals surface area (Å²) < 4.78 is 36.3. The molecule has 0 fully saturated rings. The zero-order valence-electron chi connectivity index (χ0n) is 16.1. The minimum absolute atomic E-state index is 0.00911. The number of fused-ring (bicyclic) bond motifs is 3. The molecule has 6 nitrogen and oxygen atoms in total. The molecule has 27 heavy (non-hydrogen) atoms. The predicted octanol–water partition coefficient (Wildman–Crippen LogP) is 2.81. The Balaban J connectivity index is 2.00. The maximum atomic E-state index is 14.9. The third-order valence-electron chi connectivity index (χ3n) is 4.99. The SMILES string of the molecule is C#C[C@@]1(O)CCC(F)(F)c2c3c(nn2C1)C[C@@H](C)N(C(=O)OC(C)(C)C)C3. The van der Waals surface area contributed by atoms with Gasteiger partial charge in [-0.15, -0.1) is 6.42 Å². The highest BCUT2D eigenvalue weighted by Gasteiger charge is 2.47. The van der Waals surface area contributed by atoms with E-state index in [1.807, 2.05) is 6.92 Å². The molecule has 1 aromatic heterocycles. The van der Waals surface area contributed by atoms with Crippen molar-refractivity contribution in [2.75, 3.05) is 0 Å². The zero-order chi connectivity index (χ0) is 20.2. The van der Waals surface area contributed by atoms with Crippen molar-refractivity contribution in [3.05, 3.63) is 17.0 Å². The number of ether oxygens (including phenoxy) is 1. The lowest BCUT2D eigenvalue weighted by Gasteiger charge is -2.35. The molecule has 0 aliphatic carbocycles. The first kappa shape index (κ1) is 19.6. The fourth-order valence-electron chi connectivity index (χ4n) is 3.61. The van der Waals surface area contributed by atoms with Gasteiger partial charge in [-0.1, -0.05) is 5.92 Å². The van der Waals surface area contributed by atoms with Crippen LogP contribution in [-0.4, -0.2) is 43.1 Å². The molecule has 2 aliphatic rings. The van der Waals surface area contributed by atoms with Gasteiger partial charge in [0.2, 0.25) is 0 Å². The molecule has 0 radical (unpaired) electrons. The molecular weight excluding hydrogens is 356 g/mol. The first-order chi connectivity index (χ1) is 12.4. The summed E-state index contributed by atoms with van der Waals surface area (Å²) in [6.07, 6.45) is 4.35. The van der Waals surface area contributed by atoms with Gasteiger partial charge in [-0.25, -0.2) is 4.79 Å². The largest absolute Gasteiger partial charge is 0.444 e. The van der Waals surface area contributed by atoms with Gasteiger partial charge in [-0.05, 0) is 34.1 Å². The topological polar surface area (TPSA) is 67.6 Å². The average Bonchev–Trinajstić information content (AvgIpc) is 2.83. The number of halogens is 2. The van der Waals surface area contributed by atoms with Crippen molar-refractivity contribution in [2.45, 2.75) is 83.2 Å². The van der Waals surface area contributed by atoms with E-state index in [2.05, 4.69) is 11.0 Å². The monoisotopic (exact) mass is 381 g/mol. The van der Waals surface area contributed by atoms with Crippen LogP contribution in [-0.2, 0) is 30.2 Å². The van der Waals surface area contributed by atoms with Gasteiger partial charge in [0, 0.05) is 24.4 Å². The smallest absolute Gasteiger partial charge is 0.410 e. The lowest BCUT2D eigenvalue weighted by molar-refractivity contribution is -0.0309. The molecule has 0 saturated heterocycles. The molecule has 1 aromatic rings. The molecule has 0 bridgehead atoms. The standard InChI is InChI=1S/C19H25F2N3O3/c1-6-18(26)7-8-19(20,21)15-13-10-23(16(25)27-17(3,4)5)12(2)9-14(13)22-24(15)11-18/h1,12,26H,7-11H2,2-5H3/t12-,18-/m1/s1. The predicted molar refractivity (Wildman–Crippen MR) is 94.1 cm³/mol. The van der Waals surface area contributed by atoms with Crippen molar-refractivity contribution in [3.63, 3.8) is 0 Å². The molecule has 0 saturated carbocycles. The Morgan fingerprint density at radius 2 is 2.07 bits per heavy atom. The Bertz CT molecular complexity index is 806. The summed E-state index contributed by atoms with van der Waals surface area (Å²) in [5.41, 5.74) is -1.77. The van der Waals surface area contributed by atoms with Crippen molar-refractivity contribution in [1.82, 2.24) is 14.7 Å². The van der Waals surface area contributed by atoms with E-state index in [0.29, 0.717) is 17.7 Å². The first-order valence-corrected chi connectivity index (χ1v) is 9.02. The Morgan fingerprint density at radius 1 is 1.41 bits per heavy atom. The number of aliphatic hydroxyl groups is 1. The molecule has 0 aromatic carbocycles. The van der Waals surface area contributed by atoms with Crippen LogP contribution in [0.2, 0.25) is 0 Å². The van der Waals surface area contributed by atoms with E-state index in [-0.39, 0.29) is 31.2 Å². The van der Waals surface area contributed by atoms with Gasteiger partial charge < -0.3 is 14.7 Å². The number of carbonyl (C=O) groups excluding carboxylic acids is 1. The Labute approximate surface area is 157 Å². The summed E-state index contributed by atoms with van der Waals surface area (Å²) in [7, 11) is 0. The van der Waals surface area contributed by atoms with E-state index in [9.17, 15) is 18.7 Å². The van der Waals surface area contributed by atoms with Crippen molar-refractivity contribution in [1.29, 1.82) is 0 Å². The van der Waals surface area contributed by atoms with E-state index < -0.39 is 29.6 Å². The third-order valence-corrected chi connectivity index (χ3v) is 4.99. The van der Waals surface area contributed by atoms with Gasteiger partial charge in [-0.3, -0.25) is 4.68 Å². The number of hydrogen-bond acceptors (Lipinski definition) is 4. The van der Waals surface area contributed by atoms with Crippen molar-refractivity contribution in [2.24, 2.45) is 0 Å². The zero-order valence-corrected chi connectivity index (χ0v) is 16.1. The number of terminal acetylenes is 1. The molecule has 2 atom stereocenters. The second-order valence-electron chi connectivity index (χ2n) is 8.47. The minimum Gasteiger partial charge on any atom is -0.444 e. The fourth-order valence-corrected chi connectivity index (χ4v) is 3.61. The van der Waals surface area contributed by atoms with Crippen molar-refractivity contribution in [3.8, 4) is 12.3 Å². The van der Waals surface area contributed by atoms with E-state index >= 15 is 0 Å². The maximum Gasteiger partial charge on any atom is 0.410 e. The molecule has 8 heteroatoms. The van der Waals surface area contributed by atoms with E-state index in [1.165, 1.54) is 4.90 Å². The van der Waals surface area contributed by atoms with Gasteiger partial charge in [0.15, 0.2) is 0 Å². The highest BCUT2D eigenvalue weighted by atomic mass is 19.3. The molecule has 3 heterocycles. The molecular formula is C19H25F2N3O3. The molecule has 1 N–H and O–H groups in total. The lowest BCUT2D eigenvalue weighted by atomic mass is 9.94. The van der Waals surface area contributed by atoms with Crippen LogP contribution in [0, 0.1) is 12.3 Å². The molecule has 0 spiro atoms. The van der Waals surface area contributed by atoms with Gasteiger partial charge in [0.05, 0.1) is 18.8 Å². The maximum absolute atomic E-state index is 14.9. The number of nitrogens with zero attached hydrogens (tertiary/aromatic N) is 3. The normalized spacial score (nSPS) is 27.2. The number of aromatic nitrogens is 2. The van der Waals surface area contributed by atoms with Gasteiger partial charge >= 0.3 is 6.09 Å². The van der Waals surface area contributed by atoms with Crippen LogP contribution in [0.15, 0.2) is 0 Å².